The number of carbonyl (C=O) groups excluding carboxylic acids is 1. The van der Waals surface area contributed by atoms with E-state index in [1.165, 1.54) is 6.26 Å². The molecule has 0 saturated heterocycles. The van der Waals surface area contributed by atoms with Crippen LogP contribution in [0.1, 0.15) is 5.56 Å². The number of amides is 1. The van der Waals surface area contributed by atoms with Crippen LogP contribution in [-0.4, -0.2) is 56.4 Å². The molecule has 0 unspecified atom stereocenters. The van der Waals surface area contributed by atoms with Gasteiger partial charge in [-0.1, -0.05) is 12.2 Å². The average Bonchev–Trinajstić information content (AvgIpc) is 2.36. The van der Waals surface area contributed by atoms with Crippen molar-refractivity contribution in [3.63, 3.8) is 0 Å². The van der Waals surface area contributed by atoms with Gasteiger partial charge in [0.25, 0.3) is 0 Å². The molecule has 0 aromatic heterocycles. The summed E-state index contributed by atoms with van der Waals surface area (Å²) in [7, 11) is -1.33. The van der Waals surface area contributed by atoms with E-state index in [4.69, 9.17) is 18.0 Å². The van der Waals surface area contributed by atoms with Gasteiger partial charge in [-0.15, -0.1) is 0 Å². The van der Waals surface area contributed by atoms with E-state index < -0.39 is 9.84 Å². The molecule has 0 heterocycles. The highest BCUT2D eigenvalue weighted by Crippen LogP contribution is 2.09. The minimum absolute atomic E-state index is 0.0272. The third-order valence-corrected chi connectivity index (χ3v) is 3.87. The molecule has 1 aromatic carbocycles. The normalized spacial score (nSPS) is 11.4. The van der Waals surface area contributed by atoms with Crippen LogP contribution in [0.25, 0.3) is 0 Å². The van der Waals surface area contributed by atoms with Crippen LogP contribution >= 0.6 is 12.2 Å². The molecule has 1 aromatic rings. The quantitative estimate of drug-likeness (QED) is 0.696. The number of thiocarbonyl (C=S) groups is 1. The van der Waals surface area contributed by atoms with E-state index in [1.54, 1.807) is 36.2 Å². The van der Waals surface area contributed by atoms with Crippen molar-refractivity contribution < 1.29 is 13.2 Å². The standard InChI is InChI=1S/C13H19N3O3S2/c1-16(7-8-21(2,18)19)9-12(17)15-11-5-3-10(4-6-11)13(14)20/h3-6H,7-9H2,1-2H3,(H2,14,20)(H,15,17). The Labute approximate surface area is 130 Å². The fourth-order valence-corrected chi connectivity index (χ4v) is 2.34. The molecular formula is C13H19N3O3S2. The number of hydrogen-bond donors (Lipinski definition) is 2. The fraction of sp³-hybridized carbons (Fsp3) is 0.385. The lowest BCUT2D eigenvalue weighted by molar-refractivity contribution is -0.117. The van der Waals surface area contributed by atoms with Gasteiger partial charge < -0.3 is 11.1 Å². The first-order valence-electron chi connectivity index (χ1n) is 6.23. The summed E-state index contributed by atoms with van der Waals surface area (Å²) < 4.78 is 22.1. The summed E-state index contributed by atoms with van der Waals surface area (Å²) in [5.74, 6) is -0.187. The maximum atomic E-state index is 11.8. The predicted molar refractivity (Wildman–Crippen MR) is 88.2 cm³/mol. The number of sulfone groups is 1. The second-order valence-electron chi connectivity index (χ2n) is 4.86. The number of likely N-dealkylation sites (N-methyl/N-ethyl adjacent to an activating group) is 1. The first-order valence-corrected chi connectivity index (χ1v) is 8.70. The molecule has 0 aliphatic carbocycles. The molecule has 0 saturated carbocycles. The fourth-order valence-electron chi connectivity index (χ4n) is 1.56. The number of hydrogen-bond acceptors (Lipinski definition) is 5. The van der Waals surface area contributed by atoms with E-state index in [0.717, 1.165) is 5.56 Å². The smallest absolute Gasteiger partial charge is 0.238 e. The number of nitrogens with one attached hydrogen (secondary N) is 1. The van der Waals surface area contributed by atoms with Gasteiger partial charge in [-0.25, -0.2) is 8.42 Å². The van der Waals surface area contributed by atoms with Crippen molar-refractivity contribution in [3.8, 4) is 0 Å². The molecule has 0 aliphatic rings. The van der Waals surface area contributed by atoms with Gasteiger partial charge in [0, 0.05) is 24.1 Å². The minimum Gasteiger partial charge on any atom is -0.389 e. The molecule has 1 amide bonds. The highest BCUT2D eigenvalue weighted by molar-refractivity contribution is 7.90. The minimum atomic E-state index is -3.02. The molecule has 8 heteroatoms. The van der Waals surface area contributed by atoms with Crippen LogP contribution in [-0.2, 0) is 14.6 Å². The van der Waals surface area contributed by atoms with Crippen LogP contribution in [0.3, 0.4) is 0 Å². The SMILES string of the molecule is CN(CCS(C)(=O)=O)CC(=O)Nc1ccc(C(N)=S)cc1. The summed E-state index contributed by atoms with van der Waals surface area (Å²) in [6, 6.07) is 6.88. The van der Waals surface area contributed by atoms with E-state index in [1.807, 2.05) is 0 Å². The van der Waals surface area contributed by atoms with Gasteiger partial charge >= 0.3 is 0 Å². The molecule has 0 aliphatic heterocycles. The van der Waals surface area contributed by atoms with Crippen LogP contribution in [0.15, 0.2) is 24.3 Å². The summed E-state index contributed by atoms with van der Waals surface area (Å²) in [5, 5.41) is 2.72. The second-order valence-corrected chi connectivity index (χ2v) is 7.56. The Morgan fingerprint density at radius 1 is 1.33 bits per heavy atom. The Bertz CT molecular complexity index is 612. The third-order valence-electron chi connectivity index (χ3n) is 2.71. The van der Waals surface area contributed by atoms with Gasteiger partial charge in [-0.05, 0) is 31.3 Å². The Morgan fingerprint density at radius 2 is 1.90 bits per heavy atom. The van der Waals surface area contributed by atoms with Crippen molar-refractivity contribution in [2.45, 2.75) is 0 Å². The van der Waals surface area contributed by atoms with Crippen molar-refractivity contribution >= 4 is 38.6 Å². The van der Waals surface area contributed by atoms with Crippen molar-refractivity contribution in [2.75, 3.05) is 37.5 Å². The van der Waals surface area contributed by atoms with Crippen LogP contribution in [0, 0.1) is 0 Å². The summed E-state index contributed by atoms with van der Waals surface area (Å²) >= 11 is 4.84. The zero-order chi connectivity index (χ0) is 16.0. The number of carbonyl (C=O) groups is 1. The van der Waals surface area contributed by atoms with Crippen molar-refractivity contribution in [3.05, 3.63) is 29.8 Å². The zero-order valence-corrected chi connectivity index (χ0v) is 13.6. The highest BCUT2D eigenvalue weighted by Gasteiger charge is 2.10. The van der Waals surface area contributed by atoms with Gasteiger partial charge in [0.15, 0.2) is 0 Å². The van der Waals surface area contributed by atoms with Gasteiger partial charge in [-0.2, -0.15) is 0 Å². The first-order chi connectivity index (χ1) is 9.67. The number of rotatable bonds is 7. The maximum Gasteiger partial charge on any atom is 0.238 e. The Balaban J connectivity index is 2.48. The van der Waals surface area contributed by atoms with Gasteiger partial charge in [-0.3, -0.25) is 9.69 Å². The number of nitrogens with two attached hydrogens (primary N) is 1. The van der Waals surface area contributed by atoms with Gasteiger partial charge in [0.05, 0.1) is 12.3 Å². The van der Waals surface area contributed by atoms with E-state index in [-0.39, 0.29) is 18.2 Å². The van der Waals surface area contributed by atoms with Crippen molar-refractivity contribution in [2.24, 2.45) is 5.73 Å². The van der Waals surface area contributed by atoms with Crippen LogP contribution in [0.4, 0.5) is 5.69 Å². The van der Waals surface area contributed by atoms with Crippen LogP contribution in [0.2, 0.25) is 0 Å². The van der Waals surface area contributed by atoms with Crippen molar-refractivity contribution in [1.82, 2.24) is 4.90 Å². The Morgan fingerprint density at radius 3 is 2.38 bits per heavy atom. The summed E-state index contributed by atoms with van der Waals surface area (Å²) in [6.45, 7) is 0.430. The highest BCUT2D eigenvalue weighted by atomic mass is 32.2. The summed E-state index contributed by atoms with van der Waals surface area (Å²) in [6.07, 6.45) is 1.17. The third kappa shape index (κ3) is 7.16. The lowest BCUT2D eigenvalue weighted by Gasteiger charge is -2.15. The number of anilines is 1. The van der Waals surface area contributed by atoms with E-state index in [0.29, 0.717) is 17.2 Å². The number of nitrogens with zero attached hydrogens (tertiary/aromatic N) is 1. The van der Waals surface area contributed by atoms with E-state index in [2.05, 4.69) is 5.32 Å². The molecule has 6 nitrogen and oxygen atoms in total. The van der Waals surface area contributed by atoms with E-state index in [9.17, 15) is 13.2 Å². The van der Waals surface area contributed by atoms with Gasteiger partial charge in [0.2, 0.25) is 5.91 Å². The zero-order valence-electron chi connectivity index (χ0n) is 12.0. The topological polar surface area (TPSA) is 92.5 Å². The van der Waals surface area contributed by atoms with E-state index >= 15 is 0 Å². The molecular weight excluding hydrogens is 310 g/mol. The Hall–Kier alpha value is -1.51. The predicted octanol–water partition coefficient (Wildman–Crippen LogP) is 0.236. The molecule has 0 spiro atoms. The van der Waals surface area contributed by atoms with Gasteiger partial charge in [0.1, 0.15) is 14.8 Å². The summed E-state index contributed by atoms with van der Waals surface area (Å²) in [5.41, 5.74) is 6.85. The largest absolute Gasteiger partial charge is 0.389 e. The molecule has 0 radical (unpaired) electrons. The molecule has 0 bridgehead atoms. The molecule has 0 atom stereocenters. The second kappa shape index (κ2) is 7.48. The maximum absolute atomic E-state index is 11.8. The number of benzene rings is 1. The monoisotopic (exact) mass is 329 g/mol. The van der Waals surface area contributed by atoms with Crippen molar-refractivity contribution in [1.29, 1.82) is 0 Å². The molecule has 21 heavy (non-hydrogen) atoms. The van der Waals surface area contributed by atoms with Crippen LogP contribution in [0.5, 0.6) is 0 Å². The molecule has 116 valence electrons. The molecule has 1 rings (SSSR count). The molecule has 3 N–H and O–H groups in total. The first kappa shape index (κ1) is 17.5. The lowest BCUT2D eigenvalue weighted by Crippen LogP contribution is -2.33. The average molecular weight is 329 g/mol. The summed E-state index contributed by atoms with van der Waals surface area (Å²) in [4.78, 5) is 13.8. The Kier molecular flexibility index (Phi) is 6.25. The lowest BCUT2D eigenvalue weighted by atomic mass is 10.2. The van der Waals surface area contributed by atoms with Crippen LogP contribution < -0.4 is 11.1 Å². The molecule has 0 fully saturated rings.